The first kappa shape index (κ1) is 26.8. The van der Waals surface area contributed by atoms with Crippen molar-refractivity contribution in [2.75, 3.05) is 0 Å². The molecule has 0 fully saturated rings. The van der Waals surface area contributed by atoms with Gasteiger partial charge in [-0.2, -0.15) is 0 Å². The average molecular weight is 483 g/mol. The van der Waals surface area contributed by atoms with Crippen molar-refractivity contribution in [3.63, 3.8) is 0 Å². The molecule has 0 aromatic rings. The van der Waals surface area contributed by atoms with Gasteiger partial charge in [0.25, 0.3) is 0 Å². The van der Waals surface area contributed by atoms with Gasteiger partial charge in [-0.25, -0.2) is 5.70 Å². The van der Waals surface area contributed by atoms with E-state index in [1.807, 2.05) is 6.08 Å². The molecule has 0 saturated heterocycles. The summed E-state index contributed by atoms with van der Waals surface area (Å²) in [5.41, 5.74) is 6.87. The number of hydrogen-bond donors (Lipinski definition) is 0. The first-order valence-corrected chi connectivity index (χ1v) is 22.1. The molecule has 136 valence electrons. The van der Waals surface area contributed by atoms with E-state index < -0.39 is 16.4 Å². The Balaban J connectivity index is 0. The van der Waals surface area contributed by atoms with E-state index in [2.05, 4.69) is 92.1 Å². The maximum atomic E-state index is 6.58. The Bertz CT molecular complexity index is 431. The number of unbranched alkanes of at least 4 members (excludes halogenated alkanes) is 1. The predicted octanol–water partition coefficient (Wildman–Crippen LogP) is 7.56. The maximum absolute atomic E-state index is 6.58. The number of allylic oxidation sites excluding steroid dienone is 2. The summed E-state index contributed by atoms with van der Waals surface area (Å²) in [5.74, 6) is 1.61. The summed E-state index contributed by atoms with van der Waals surface area (Å²) in [7, 11) is -3.24. The third-order valence-corrected chi connectivity index (χ3v) is 10.1. The summed E-state index contributed by atoms with van der Waals surface area (Å²) in [6, 6.07) is 0. The molecule has 0 aromatic carbocycles. The van der Waals surface area contributed by atoms with E-state index in [4.69, 9.17) is 4.43 Å². The van der Waals surface area contributed by atoms with Crippen LogP contribution in [-0.2, 0) is 20.8 Å². The minimum atomic E-state index is -1.86. The van der Waals surface area contributed by atoms with E-state index >= 15 is 0 Å². The minimum absolute atomic E-state index is 0.220. The molecule has 0 aliphatic heterocycles. The Hall–Kier alpha value is 0.597. The van der Waals surface area contributed by atoms with Crippen LogP contribution in [0.5, 0.6) is 0 Å². The summed E-state index contributed by atoms with van der Waals surface area (Å²) in [6.45, 7) is 24.6. The zero-order valence-electron chi connectivity index (χ0n) is 17.5. The Morgan fingerprint density at radius 2 is 1.75 bits per heavy atom. The second-order valence-corrected chi connectivity index (χ2v) is 17.9. The van der Waals surface area contributed by atoms with Gasteiger partial charge in [0.1, 0.15) is 0 Å². The molecule has 0 heterocycles. The van der Waals surface area contributed by atoms with E-state index in [1.165, 1.54) is 16.3 Å². The predicted molar refractivity (Wildman–Crippen MR) is 114 cm³/mol. The Kier molecular flexibility index (Phi) is 13.5. The Labute approximate surface area is 170 Å². The molecular weight excluding hydrogens is 446 g/mol. The third kappa shape index (κ3) is 10.6. The first-order chi connectivity index (χ1) is 10.8. The van der Waals surface area contributed by atoms with E-state index in [-0.39, 0.29) is 5.04 Å². The summed E-state index contributed by atoms with van der Waals surface area (Å²) in [6.07, 6.45) is 5.02. The summed E-state index contributed by atoms with van der Waals surface area (Å²) in [5, 5.41) is 0.220. The van der Waals surface area contributed by atoms with E-state index in [9.17, 15) is 0 Å². The fourth-order valence-corrected chi connectivity index (χ4v) is 4.87. The molecule has 0 aliphatic rings. The van der Waals surface area contributed by atoms with Gasteiger partial charge in [-0.05, 0) is 44.3 Å². The van der Waals surface area contributed by atoms with Gasteiger partial charge in [0.05, 0.1) is 0 Å². The molecule has 0 radical (unpaired) electrons. The van der Waals surface area contributed by atoms with Crippen LogP contribution in [0.15, 0.2) is 24.1 Å². The molecule has 0 atom stereocenters. The fraction of sp³-hybridized carbons (Fsp3) is 0.737. The van der Waals surface area contributed by atoms with E-state index in [0.29, 0.717) is 5.92 Å². The SMILES string of the molecule is C=CCCCC(=C=[C-][Si](C)(C)C)O[Si](C)(C)C(C)(C)C(C)C.[Zn+][Br]. The van der Waals surface area contributed by atoms with Crippen molar-refractivity contribution in [2.45, 2.75) is 84.7 Å². The van der Waals surface area contributed by atoms with Crippen molar-refractivity contribution in [3.05, 3.63) is 29.8 Å². The number of rotatable bonds is 9. The molecule has 0 rings (SSSR count). The molecule has 0 unspecified atom stereocenters. The van der Waals surface area contributed by atoms with Gasteiger partial charge in [-0.3, -0.25) is 5.73 Å². The zero-order chi connectivity index (χ0) is 19.6. The summed E-state index contributed by atoms with van der Waals surface area (Å²) in [4.78, 5) is 0. The third-order valence-electron chi connectivity index (χ3n) is 4.76. The quantitative estimate of drug-likeness (QED) is 0.0822. The number of hydrogen-bond acceptors (Lipinski definition) is 1. The van der Waals surface area contributed by atoms with Crippen molar-refractivity contribution in [1.29, 1.82) is 0 Å². The molecule has 0 spiro atoms. The molecule has 0 saturated carbocycles. The second kappa shape index (κ2) is 12.1. The van der Waals surface area contributed by atoms with Crippen molar-refractivity contribution in [3.8, 4) is 0 Å². The topological polar surface area (TPSA) is 9.23 Å². The first-order valence-electron chi connectivity index (χ1n) is 8.79. The van der Waals surface area contributed by atoms with Crippen molar-refractivity contribution >= 4 is 30.0 Å². The van der Waals surface area contributed by atoms with Gasteiger partial charge in [0.2, 0.25) is 8.32 Å². The van der Waals surface area contributed by atoms with Crippen LogP contribution in [-0.4, -0.2) is 16.4 Å². The monoisotopic (exact) mass is 480 g/mol. The van der Waals surface area contributed by atoms with Crippen LogP contribution in [0.1, 0.15) is 47.0 Å². The van der Waals surface area contributed by atoms with Crippen LogP contribution < -0.4 is 0 Å². The molecule has 24 heavy (non-hydrogen) atoms. The van der Waals surface area contributed by atoms with Crippen LogP contribution in [0.25, 0.3) is 0 Å². The molecule has 5 heteroatoms. The fourth-order valence-electron chi connectivity index (χ4n) is 1.94. The van der Waals surface area contributed by atoms with Crippen LogP contribution in [0.4, 0.5) is 0 Å². The second-order valence-electron chi connectivity index (χ2n) is 8.59. The summed E-state index contributed by atoms with van der Waals surface area (Å²) >= 11 is 4.25. The molecular formula is C19H37BrOSi2Zn. The molecule has 0 N–H and O–H groups in total. The van der Waals surface area contributed by atoms with Crippen LogP contribution in [0, 0.1) is 11.6 Å². The normalized spacial score (nSPS) is 12.0. The van der Waals surface area contributed by atoms with E-state index in [1.54, 1.807) is 0 Å². The average Bonchev–Trinajstić information content (AvgIpc) is 2.45. The molecule has 0 amide bonds. The molecule has 0 aliphatic carbocycles. The summed E-state index contributed by atoms with van der Waals surface area (Å²) < 4.78 is 6.58. The Morgan fingerprint density at radius 3 is 2.12 bits per heavy atom. The van der Waals surface area contributed by atoms with Crippen molar-refractivity contribution < 1.29 is 20.8 Å². The van der Waals surface area contributed by atoms with Gasteiger partial charge >= 0.3 is 30.0 Å². The van der Waals surface area contributed by atoms with E-state index in [0.717, 1.165) is 25.0 Å². The van der Waals surface area contributed by atoms with Gasteiger partial charge in [0, 0.05) is 0 Å². The molecule has 0 bridgehead atoms. The standard InChI is InChI=1S/C19H37OSi2.BrH.Zn/c1-11-12-13-14-18(15-16-21(6,7)8)20-22(9,10)19(4,5)17(2)3;;/h11,17H,1,12-14H2,2-10H3;1H;/q-1;;+2/p-1. The zero-order valence-corrected chi connectivity index (χ0v) is 24.0. The Morgan fingerprint density at radius 1 is 1.25 bits per heavy atom. The van der Waals surface area contributed by atoms with Crippen LogP contribution >= 0.6 is 13.6 Å². The van der Waals surface area contributed by atoms with Gasteiger partial charge in [-0.1, -0.05) is 66.3 Å². The van der Waals surface area contributed by atoms with Crippen LogP contribution in [0.3, 0.4) is 0 Å². The van der Waals surface area contributed by atoms with Crippen molar-refractivity contribution in [1.82, 2.24) is 0 Å². The van der Waals surface area contributed by atoms with Gasteiger partial charge in [-0.15, -0.1) is 6.58 Å². The van der Waals surface area contributed by atoms with Gasteiger partial charge < -0.3 is 4.43 Å². The molecule has 1 nitrogen and oxygen atoms in total. The van der Waals surface area contributed by atoms with Gasteiger partial charge in [0.15, 0.2) is 0 Å². The number of halogens is 1. The van der Waals surface area contributed by atoms with Crippen molar-refractivity contribution in [2.24, 2.45) is 5.92 Å². The van der Waals surface area contributed by atoms with Crippen LogP contribution in [0.2, 0.25) is 37.8 Å². The molecule has 0 aromatic heterocycles.